The molecular weight excluding hydrogens is 202 g/mol. The SMILES string of the molecule is O=S(=O)(O)C[N+](CO)(CO)CCO. The van der Waals surface area contributed by atoms with E-state index in [0.29, 0.717) is 0 Å². The van der Waals surface area contributed by atoms with Gasteiger partial charge in [0, 0.05) is 0 Å². The molecule has 0 saturated carbocycles. The molecule has 0 saturated heterocycles. The summed E-state index contributed by atoms with van der Waals surface area (Å²) < 4.78 is 28.8. The maximum Gasteiger partial charge on any atom is 0.316 e. The van der Waals surface area contributed by atoms with Gasteiger partial charge in [-0.25, -0.2) is 0 Å². The van der Waals surface area contributed by atoms with Crippen LogP contribution in [0.25, 0.3) is 0 Å². The predicted octanol–water partition coefficient (Wildman–Crippen LogP) is -2.46. The summed E-state index contributed by atoms with van der Waals surface area (Å²) in [5.74, 6) is -0.819. The molecule has 0 fully saturated rings. The lowest BCUT2D eigenvalue weighted by molar-refractivity contribution is -0.951. The molecule has 0 unspecified atom stereocenters. The van der Waals surface area contributed by atoms with Gasteiger partial charge in [-0.3, -0.25) is 9.04 Å². The molecule has 0 rings (SSSR count). The van der Waals surface area contributed by atoms with E-state index in [1.54, 1.807) is 0 Å². The van der Waals surface area contributed by atoms with Crippen LogP contribution in [0.2, 0.25) is 0 Å². The fourth-order valence-corrected chi connectivity index (χ4v) is 1.88. The van der Waals surface area contributed by atoms with Crippen molar-refractivity contribution in [1.82, 2.24) is 0 Å². The second kappa shape index (κ2) is 4.84. The molecule has 0 aromatic heterocycles. The summed E-state index contributed by atoms with van der Waals surface area (Å²) in [5.41, 5.74) is 0. The number of aliphatic hydroxyl groups excluding tert-OH is 3. The van der Waals surface area contributed by atoms with Gasteiger partial charge in [0.1, 0.15) is 6.54 Å². The zero-order valence-corrected chi connectivity index (χ0v) is 7.81. The molecule has 0 bridgehead atoms. The normalized spacial score (nSPS) is 13.2. The van der Waals surface area contributed by atoms with Crippen molar-refractivity contribution in [2.75, 3.05) is 32.5 Å². The summed E-state index contributed by atoms with van der Waals surface area (Å²) in [7, 11) is -4.29. The molecule has 0 aliphatic rings. The lowest BCUT2D eigenvalue weighted by Gasteiger charge is -2.31. The molecule has 0 aromatic carbocycles. The van der Waals surface area contributed by atoms with Gasteiger partial charge in [0.25, 0.3) is 0 Å². The van der Waals surface area contributed by atoms with Gasteiger partial charge in [-0.15, -0.1) is 0 Å². The van der Waals surface area contributed by atoms with Crippen molar-refractivity contribution in [1.29, 1.82) is 0 Å². The van der Waals surface area contributed by atoms with E-state index in [-0.39, 0.29) is 6.54 Å². The van der Waals surface area contributed by atoms with Crippen LogP contribution in [0.4, 0.5) is 0 Å². The number of nitrogens with zero attached hydrogens (tertiary/aromatic N) is 1. The number of rotatable bonds is 6. The second-order valence-corrected chi connectivity index (χ2v) is 4.20. The Labute approximate surface area is 76.2 Å². The fraction of sp³-hybridized carbons (Fsp3) is 1.00. The summed E-state index contributed by atoms with van der Waals surface area (Å²) in [6, 6.07) is 0. The minimum absolute atomic E-state index is 0.146. The van der Waals surface area contributed by atoms with E-state index in [4.69, 9.17) is 19.9 Å². The van der Waals surface area contributed by atoms with Crippen LogP contribution in [0.5, 0.6) is 0 Å². The molecule has 7 nitrogen and oxygen atoms in total. The van der Waals surface area contributed by atoms with Crippen molar-refractivity contribution in [3.63, 3.8) is 0 Å². The van der Waals surface area contributed by atoms with Gasteiger partial charge in [0.2, 0.25) is 5.88 Å². The quantitative estimate of drug-likeness (QED) is 0.222. The summed E-state index contributed by atoms with van der Waals surface area (Å²) in [5, 5.41) is 26.1. The lowest BCUT2D eigenvalue weighted by atomic mass is 10.5. The first kappa shape index (κ1) is 12.8. The molecule has 4 N–H and O–H groups in total. The van der Waals surface area contributed by atoms with Gasteiger partial charge in [-0.1, -0.05) is 0 Å². The average molecular weight is 216 g/mol. The molecule has 13 heavy (non-hydrogen) atoms. The van der Waals surface area contributed by atoms with Crippen LogP contribution in [-0.2, 0) is 10.1 Å². The van der Waals surface area contributed by atoms with Crippen molar-refractivity contribution in [3.8, 4) is 0 Å². The van der Waals surface area contributed by atoms with E-state index >= 15 is 0 Å². The number of hydrogen-bond donors (Lipinski definition) is 4. The molecule has 8 heteroatoms. The van der Waals surface area contributed by atoms with Crippen LogP contribution < -0.4 is 0 Å². The van der Waals surface area contributed by atoms with Gasteiger partial charge >= 0.3 is 10.1 Å². The zero-order valence-electron chi connectivity index (χ0n) is 7.00. The van der Waals surface area contributed by atoms with E-state index < -0.39 is 40.5 Å². The van der Waals surface area contributed by atoms with Crippen molar-refractivity contribution in [3.05, 3.63) is 0 Å². The van der Waals surface area contributed by atoms with Gasteiger partial charge in [-0.2, -0.15) is 8.42 Å². The van der Waals surface area contributed by atoms with E-state index in [1.165, 1.54) is 0 Å². The maximum atomic E-state index is 10.5. The highest BCUT2D eigenvalue weighted by Crippen LogP contribution is 2.05. The van der Waals surface area contributed by atoms with Crippen LogP contribution in [0, 0.1) is 0 Å². The fourth-order valence-electron chi connectivity index (χ4n) is 0.891. The van der Waals surface area contributed by atoms with Crippen LogP contribution in [0.15, 0.2) is 0 Å². The summed E-state index contributed by atoms with van der Waals surface area (Å²) in [6.45, 7) is -1.88. The summed E-state index contributed by atoms with van der Waals surface area (Å²) in [6.07, 6.45) is 0. The maximum absolute atomic E-state index is 10.5. The first-order valence-electron chi connectivity index (χ1n) is 3.52. The first-order chi connectivity index (χ1) is 5.89. The van der Waals surface area contributed by atoms with Crippen LogP contribution in [-0.4, -0.2) is 65.3 Å². The molecular formula is C5H14NO6S+. The van der Waals surface area contributed by atoms with Gasteiger partial charge in [0.15, 0.2) is 13.5 Å². The van der Waals surface area contributed by atoms with E-state index in [1.807, 2.05) is 0 Å². The van der Waals surface area contributed by atoms with Crippen LogP contribution in [0.1, 0.15) is 0 Å². The molecule has 80 valence electrons. The Morgan fingerprint density at radius 1 is 1.08 bits per heavy atom. The Morgan fingerprint density at radius 2 is 1.54 bits per heavy atom. The highest BCUT2D eigenvalue weighted by molar-refractivity contribution is 7.85. The van der Waals surface area contributed by atoms with Crippen LogP contribution in [0.3, 0.4) is 0 Å². The molecule has 0 aromatic rings. The number of hydrogen-bond acceptors (Lipinski definition) is 5. The average Bonchev–Trinajstić information content (AvgIpc) is 2.01. The third-order valence-electron chi connectivity index (χ3n) is 1.61. The third kappa shape index (κ3) is 4.50. The van der Waals surface area contributed by atoms with Gasteiger partial charge in [-0.05, 0) is 0 Å². The minimum atomic E-state index is -4.29. The smallest absolute Gasteiger partial charge is 0.316 e. The third-order valence-corrected chi connectivity index (χ3v) is 2.49. The molecule has 0 aliphatic carbocycles. The highest BCUT2D eigenvalue weighted by atomic mass is 32.2. The minimum Gasteiger partial charge on any atom is -0.391 e. The molecule has 0 atom stereocenters. The molecule has 0 spiro atoms. The van der Waals surface area contributed by atoms with Crippen molar-refractivity contribution >= 4 is 10.1 Å². The second-order valence-electron chi connectivity index (χ2n) is 2.78. The number of aliphatic hydroxyl groups is 3. The predicted molar refractivity (Wildman–Crippen MR) is 42.8 cm³/mol. The Morgan fingerprint density at radius 3 is 1.77 bits per heavy atom. The first-order valence-corrected chi connectivity index (χ1v) is 5.13. The summed E-state index contributed by atoms with van der Waals surface area (Å²) in [4.78, 5) is 0. The Bertz CT molecular complexity index is 233. The van der Waals surface area contributed by atoms with Crippen LogP contribution >= 0.6 is 0 Å². The van der Waals surface area contributed by atoms with Gasteiger partial charge < -0.3 is 15.3 Å². The zero-order chi connectivity index (χ0) is 10.5. The standard InChI is InChI=1S/C5H13NO6S/c7-2-1-6(3-8,4-9)5-13(10,11)12/h7-9H,1-5H2/p+1. The van der Waals surface area contributed by atoms with Crippen molar-refractivity contribution in [2.24, 2.45) is 0 Å². The van der Waals surface area contributed by atoms with Crippen molar-refractivity contribution < 1.29 is 32.8 Å². The molecule has 0 aliphatic heterocycles. The Hall–Kier alpha value is -0.250. The topological polar surface area (TPSA) is 115 Å². The number of quaternary nitrogens is 1. The van der Waals surface area contributed by atoms with Crippen molar-refractivity contribution in [2.45, 2.75) is 0 Å². The summed E-state index contributed by atoms with van der Waals surface area (Å²) >= 11 is 0. The largest absolute Gasteiger partial charge is 0.391 e. The van der Waals surface area contributed by atoms with E-state index in [0.717, 1.165) is 0 Å². The molecule has 0 radical (unpaired) electrons. The van der Waals surface area contributed by atoms with Gasteiger partial charge in [0.05, 0.1) is 6.61 Å². The molecule has 0 heterocycles. The Balaban J connectivity index is 4.57. The highest BCUT2D eigenvalue weighted by Gasteiger charge is 2.30. The van der Waals surface area contributed by atoms with E-state index in [2.05, 4.69) is 0 Å². The lowest BCUT2D eigenvalue weighted by Crippen LogP contribution is -2.53. The monoisotopic (exact) mass is 216 g/mol. The molecule has 0 amide bonds. The van der Waals surface area contributed by atoms with E-state index in [9.17, 15) is 8.42 Å². The Kier molecular flexibility index (Phi) is 4.75.